The first-order chi connectivity index (χ1) is 19.0. The van der Waals surface area contributed by atoms with E-state index in [1.165, 1.54) is 19.1 Å². The molecule has 1 amide bonds. The molecule has 0 radical (unpaired) electrons. The minimum Gasteiger partial charge on any atom is -0.468 e. The zero-order chi connectivity index (χ0) is 30.2. The molecule has 0 aromatic rings. The van der Waals surface area contributed by atoms with Gasteiger partial charge in [-0.25, -0.2) is 0 Å². The molecular weight excluding hydrogens is 514 g/mol. The molecule has 5 rings (SSSR count). The first-order valence-electron chi connectivity index (χ1n) is 16.2. The molecule has 41 heavy (non-hydrogen) atoms. The summed E-state index contributed by atoms with van der Waals surface area (Å²) in [6.45, 7) is 18.5. The van der Waals surface area contributed by atoms with Crippen LogP contribution in [0.4, 0.5) is 0 Å². The normalized spacial score (nSPS) is 44.1. The van der Waals surface area contributed by atoms with Crippen molar-refractivity contribution in [2.45, 2.75) is 126 Å². The summed E-state index contributed by atoms with van der Waals surface area (Å²) in [7, 11) is 1.37. The van der Waals surface area contributed by atoms with Crippen molar-refractivity contribution >= 4 is 17.8 Å². The molecule has 5 aliphatic carbocycles. The van der Waals surface area contributed by atoms with Gasteiger partial charge in [0.2, 0.25) is 5.91 Å². The Morgan fingerprint density at radius 3 is 2.24 bits per heavy atom. The van der Waals surface area contributed by atoms with Crippen LogP contribution in [-0.4, -0.2) is 37.6 Å². The fraction of sp³-hybridized carbons (Fsp3) is 0.857. The largest absolute Gasteiger partial charge is 0.468 e. The second-order valence-electron chi connectivity index (χ2n) is 16.6. The number of nitrogens with one attached hydrogen (secondary N) is 1. The number of fused-ring (bicyclic) bond motifs is 7. The highest BCUT2D eigenvalue weighted by atomic mass is 16.5. The van der Waals surface area contributed by atoms with E-state index in [4.69, 9.17) is 9.47 Å². The molecule has 0 aromatic heterocycles. The van der Waals surface area contributed by atoms with Gasteiger partial charge in [0.05, 0.1) is 12.5 Å². The van der Waals surface area contributed by atoms with Gasteiger partial charge in [-0.05, 0) is 104 Å². The Morgan fingerprint density at radius 2 is 1.59 bits per heavy atom. The van der Waals surface area contributed by atoms with E-state index in [1.807, 2.05) is 0 Å². The molecule has 0 saturated heterocycles. The van der Waals surface area contributed by atoms with Crippen LogP contribution in [0.3, 0.4) is 0 Å². The highest BCUT2D eigenvalue weighted by Gasteiger charge is 2.69. The molecule has 0 aliphatic heterocycles. The summed E-state index contributed by atoms with van der Waals surface area (Å²) in [5.41, 5.74) is 1.54. The van der Waals surface area contributed by atoms with Gasteiger partial charge in [0, 0.05) is 12.3 Å². The molecule has 0 heterocycles. The molecule has 0 bridgehead atoms. The molecule has 230 valence electrons. The van der Waals surface area contributed by atoms with Crippen molar-refractivity contribution in [2.24, 2.45) is 50.2 Å². The lowest BCUT2D eigenvalue weighted by molar-refractivity contribution is -0.212. The van der Waals surface area contributed by atoms with E-state index in [9.17, 15) is 14.4 Å². The van der Waals surface area contributed by atoms with Gasteiger partial charge in [0.25, 0.3) is 0 Å². The molecule has 1 unspecified atom stereocenters. The number of esters is 2. The Kier molecular flexibility index (Phi) is 7.34. The Morgan fingerprint density at radius 1 is 0.902 bits per heavy atom. The van der Waals surface area contributed by atoms with Crippen LogP contribution < -0.4 is 5.32 Å². The number of allylic oxidation sites excluding steroid dienone is 2. The fourth-order valence-corrected chi connectivity index (χ4v) is 11.4. The van der Waals surface area contributed by atoms with Crippen molar-refractivity contribution in [3.8, 4) is 0 Å². The molecule has 1 N–H and O–H groups in total. The number of ether oxygens (including phenoxy) is 2. The number of methoxy groups -OCH3 is 1. The van der Waals surface area contributed by atoms with Gasteiger partial charge in [-0.1, -0.05) is 60.1 Å². The van der Waals surface area contributed by atoms with Gasteiger partial charge in [-0.15, -0.1) is 0 Å². The SMILES string of the molecule is COC(=O)CNC(=O)[C@]12CCC(C)(C)C[C@H]1C1=CC[C@@H]3[C@@]4(C)CC[C@H](OC(C)=O)C(C)(C)C4CC[C@@]3(C)[C@]1(C)CC2. The quantitative estimate of drug-likeness (QED) is 0.291. The van der Waals surface area contributed by atoms with Crippen molar-refractivity contribution in [3.63, 3.8) is 0 Å². The third kappa shape index (κ3) is 4.42. The zero-order valence-electron chi connectivity index (χ0n) is 27.2. The lowest BCUT2D eigenvalue weighted by atomic mass is 9.33. The molecular formula is C35H55NO5. The summed E-state index contributed by atoms with van der Waals surface area (Å²) < 4.78 is 10.7. The van der Waals surface area contributed by atoms with Gasteiger partial charge in [-0.3, -0.25) is 14.4 Å². The maximum absolute atomic E-state index is 14.0. The van der Waals surface area contributed by atoms with Crippen LogP contribution in [0, 0.1) is 50.2 Å². The summed E-state index contributed by atoms with van der Waals surface area (Å²) in [5, 5.41) is 2.99. The van der Waals surface area contributed by atoms with Crippen molar-refractivity contribution < 1.29 is 23.9 Å². The monoisotopic (exact) mass is 569 g/mol. The van der Waals surface area contributed by atoms with Crippen molar-refractivity contribution in [3.05, 3.63) is 11.6 Å². The van der Waals surface area contributed by atoms with E-state index in [0.29, 0.717) is 11.8 Å². The highest BCUT2D eigenvalue weighted by Crippen LogP contribution is 2.75. The number of rotatable bonds is 4. The predicted molar refractivity (Wildman–Crippen MR) is 160 cm³/mol. The van der Waals surface area contributed by atoms with Gasteiger partial charge in [0.1, 0.15) is 12.6 Å². The first-order valence-corrected chi connectivity index (χ1v) is 16.2. The van der Waals surface area contributed by atoms with Crippen molar-refractivity contribution in [2.75, 3.05) is 13.7 Å². The van der Waals surface area contributed by atoms with Crippen molar-refractivity contribution in [1.82, 2.24) is 5.32 Å². The topological polar surface area (TPSA) is 81.7 Å². The molecule has 5 aliphatic rings. The number of hydrogen-bond acceptors (Lipinski definition) is 5. The van der Waals surface area contributed by atoms with E-state index >= 15 is 0 Å². The van der Waals surface area contributed by atoms with Crippen LogP contribution in [0.1, 0.15) is 120 Å². The lowest BCUT2D eigenvalue weighted by Gasteiger charge is -2.71. The van der Waals surface area contributed by atoms with Crippen LogP contribution in [0.2, 0.25) is 0 Å². The van der Waals surface area contributed by atoms with Gasteiger partial charge >= 0.3 is 11.9 Å². The molecule has 4 fully saturated rings. The Labute approximate surface area is 248 Å². The number of carbonyl (C=O) groups is 3. The average Bonchev–Trinajstić information content (AvgIpc) is 2.88. The summed E-state index contributed by atoms with van der Waals surface area (Å²) >= 11 is 0. The number of carbonyl (C=O) groups excluding carboxylic acids is 3. The molecule has 8 atom stereocenters. The number of hydrogen-bond donors (Lipinski definition) is 1. The van der Waals surface area contributed by atoms with E-state index < -0.39 is 11.4 Å². The highest BCUT2D eigenvalue weighted by molar-refractivity contribution is 5.87. The Balaban J connectivity index is 1.52. The maximum atomic E-state index is 14.0. The molecule has 4 saturated carbocycles. The maximum Gasteiger partial charge on any atom is 0.325 e. The predicted octanol–water partition coefficient (Wildman–Crippen LogP) is 7.01. The Hall–Kier alpha value is -1.85. The first kappa shape index (κ1) is 30.6. The zero-order valence-corrected chi connectivity index (χ0v) is 27.2. The van der Waals surface area contributed by atoms with E-state index in [1.54, 1.807) is 6.92 Å². The van der Waals surface area contributed by atoms with Crippen LogP contribution >= 0.6 is 0 Å². The molecule has 0 spiro atoms. The van der Waals surface area contributed by atoms with Gasteiger partial charge < -0.3 is 14.8 Å². The third-order valence-electron chi connectivity index (χ3n) is 14.0. The number of amides is 1. The lowest BCUT2D eigenvalue weighted by Crippen LogP contribution is -2.65. The van der Waals surface area contributed by atoms with E-state index in [-0.39, 0.29) is 57.5 Å². The summed E-state index contributed by atoms with van der Waals surface area (Å²) in [6.07, 6.45) is 12.7. The smallest absolute Gasteiger partial charge is 0.325 e. The summed E-state index contributed by atoms with van der Waals surface area (Å²) in [6, 6.07) is 0. The van der Waals surface area contributed by atoms with Crippen LogP contribution in [0.25, 0.3) is 0 Å². The third-order valence-corrected chi connectivity index (χ3v) is 14.0. The fourth-order valence-electron chi connectivity index (χ4n) is 11.4. The van der Waals surface area contributed by atoms with E-state index in [0.717, 1.165) is 57.8 Å². The summed E-state index contributed by atoms with van der Waals surface area (Å²) in [5.74, 6) is 0.734. The minimum atomic E-state index is -0.455. The van der Waals surface area contributed by atoms with Crippen LogP contribution in [-0.2, 0) is 23.9 Å². The second kappa shape index (κ2) is 9.84. The van der Waals surface area contributed by atoms with E-state index in [2.05, 4.69) is 59.9 Å². The van der Waals surface area contributed by atoms with Gasteiger partial charge in [0.15, 0.2) is 0 Å². The second-order valence-corrected chi connectivity index (χ2v) is 16.6. The Bertz CT molecular complexity index is 1140. The van der Waals surface area contributed by atoms with Crippen LogP contribution in [0.5, 0.6) is 0 Å². The van der Waals surface area contributed by atoms with Crippen molar-refractivity contribution in [1.29, 1.82) is 0 Å². The minimum absolute atomic E-state index is 0.0176. The summed E-state index contributed by atoms with van der Waals surface area (Å²) in [4.78, 5) is 37.9. The standard InChI is InChI=1S/C35H55NO5/c1-22(37)41-27-13-14-32(6)25(31(27,4)5)12-15-34(8)26(32)11-10-23-24-20-30(2,3)16-18-35(24,19-17-33(23,34)7)29(39)36-21-28(38)40-9/h10,24-27H,11-21H2,1-9H3,(H,36,39)/t24-,25?,26+,27-,32-,33+,34+,35-/m0/s1. The van der Waals surface area contributed by atoms with Gasteiger partial charge in [-0.2, -0.15) is 0 Å². The molecule has 6 heteroatoms. The molecule has 6 nitrogen and oxygen atoms in total. The van der Waals surface area contributed by atoms with Crippen LogP contribution in [0.15, 0.2) is 11.6 Å². The molecule has 0 aromatic carbocycles. The average molecular weight is 570 g/mol.